The van der Waals surface area contributed by atoms with E-state index in [0.717, 1.165) is 17.7 Å². The summed E-state index contributed by atoms with van der Waals surface area (Å²) in [5.41, 5.74) is 3.55. The van der Waals surface area contributed by atoms with Gasteiger partial charge in [0.15, 0.2) is 0 Å². The first-order valence-electron chi connectivity index (χ1n) is 11.8. The largest absolute Gasteiger partial charge is 0.312 e. The van der Waals surface area contributed by atoms with Crippen molar-refractivity contribution in [2.45, 2.75) is 43.9 Å². The molecule has 0 bridgehead atoms. The zero-order valence-corrected chi connectivity index (χ0v) is 21.6. The summed E-state index contributed by atoms with van der Waals surface area (Å²) in [5, 5.41) is 0. The standard InChI is InChI=1S/C25H28BrN3O4S/c1-2-23(30)29-14-10-19-15-20(26)16-22(24(19)29)34(32,33)27-11-7-18(8-12-27)25(31)28-13-9-17-5-3-4-6-21(17)28/h3-6,15-16,18H,2,7-14H2,1H3. The molecule has 1 fully saturated rings. The van der Waals surface area contributed by atoms with Crippen molar-refractivity contribution in [2.75, 3.05) is 36.0 Å². The second kappa shape index (κ2) is 9.09. The number of nitrogens with zero attached hydrogens (tertiary/aromatic N) is 3. The lowest BCUT2D eigenvalue weighted by Gasteiger charge is -2.33. The average molecular weight is 546 g/mol. The lowest BCUT2D eigenvalue weighted by Crippen LogP contribution is -2.44. The minimum Gasteiger partial charge on any atom is -0.312 e. The van der Waals surface area contributed by atoms with Crippen LogP contribution >= 0.6 is 15.9 Å². The van der Waals surface area contributed by atoms with Gasteiger partial charge < -0.3 is 9.80 Å². The van der Waals surface area contributed by atoms with E-state index < -0.39 is 10.0 Å². The Bertz CT molecular complexity index is 1250. The van der Waals surface area contributed by atoms with Crippen molar-refractivity contribution in [1.29, 1.82) is 0 Å². The number of amides is 2. The molecule has 3 aliphatic rings. The van der Waals surface area contributed by atoms with Crippen LogP contribution in [0.25, 0.3) is 0 Å². The predicted octanol–water partition coefficient (Wildman–Crippen LogP) is 3.74. The van der Waals surface area contributed by atoms with Crippen LogP contribution in [0.4, 0.5) is 11.4 Å². The van der Waals surface area contributed by atoms with Crippen LogP contribution in [-0.2, 0) is 32.5 Å². The van der Waals surface area contributed by atoms with Crippen LogP contribution in [0.1, 0.15) is 37.3 Å². The number of carbonyl (C=O) groups is 2. The minimum absolute atomic E-state index is 0.0762. The van der Waals surface area contributed by atoms with Crippen LogP contribution in [0, 0.1) is 5.92 Å². The van der Waals surface area contributed by atoms with Gasteiger partial charge in [-0.05, 0) is 55.0 Å². The van der Waals surface area contributed by atoms with E-state index in [9.17, 15) is 18.0 Å². The van der Waals surface area contributed by atoms with Crippen LogP contribution < -0.4 is 9.80 Å². The molecule has 0 spiro atoms. The number of sulfonamides is 1. The van der Waals surface area contributed by atoms with Crippen molar-refractivity contribution >= 4 is 49.1 Å². The van der Waals surface area contributed by atoms with Gasteiger partial charge in [-0.25, -0.2) is 8.42 Å². The molecule has 34 heavy (non-hydrogen) atoms. The second-order valence-corrected chi connectivity index (χ2v) is 11.9. The summed E-state index contributed by atoms with van der Waals surface area (Å²) >= 11 is 3.45. The van der Waals surface area contributed by atoms with Crippen LogP contribution in [0.15, 0.2) is 45.8 Å². The minimum atomic E-state index is -3.82. The highest BCUT2D eigenvalue weighted by molar-refractivity contribution is 9.10. The Hall–Kier alpha value is -2.23. The highest BCUT2D eigenvalue weighted by atomic mass is 79.9. The number of benzene rings is 2. The van der Waals surface area contributed by atoms with Crippen LogP contribution in [0.2, 0.25) is 0 Å². The summed E-state index contributed by atoms with van der Waals surface area (Å²) in [4.78, 5) is 29.4. The Morgan fingerprint density at radius 2 is 1.65 bits per heavy atom. The Morgan fingerprint density at radius 1 is 0.971 bits per heavy atom. The monoisotopic (exact) mass is 545 g/mol. The maximum absolute atomic E-state index is 13.7. The molecule has 0 N–H and O–H groups in total. The van der Waals surface area contributed by atoms with Crippen molar-refractivity contribution in [3.63, 3.8) is 0 Å². The van der Waals surface area contributed by atoms with Gasteiger partial charge in [0, 0.05) is 48.7 Å². The van der Waals surface area contributed by atoms with Gasteiger partial charge >= 0.3 is 0 Å². The quantitative estimate of drug-likeness (QED) is 0.586. The first-order chi connectivity index (χ1) is 16.3. The Labute approximate surface area is 208 Å². The van der Waals surface area contributed by atoms with Crippen molar-refractivity contribution in [1.82, 2.24) is 4.31 Å². The molecule has 3 heterocycles. The molecule has 2 aromatic rings. The van der Waals surface area contributed by atoms with E-state index in [1.807, 2.05) is 29.2 Å². The van der Waals surface area contributed by atoms with E-state index in [1.165, 1.54) is 9.87 Å². The fourth-order valence-corrected chi connectivity index (χ4v) is 7.76. The molecule has 9 heteroatoms. The molecule has 0 aliphatic carbocycles. The van der Waals surface area contributed by atoms with Gasteiger partial charge in [0.2, 0.25) is 21.8 Å². The van der Waals surface area contributed by atoms with Gasteiger partial charge in [-0.3, -0.25) is 9.59 Å². The second-order valence-electron chi connectivity index (χ2n) is 9.11. The first-order valence-corrected chi connectivity index (χ1v) is 14.1. The first kappa shape index (κ1) is 23.5. The normalized spacial score (nSPS) is 18.8. The van der Waals surface area contributed by atoms with E-state index in [-0.39, 0.29) is 35.7 Å². The molecule has 2 amide bonds. The molecule has 2 aromatic carbocycles. The molecule has 0 unspecified atom stereocenters. The topological polar surface area (TPSA) is 78.0 Å². The molecule has 1 saturated heterocycles. The number of piperidine rings is 1. The summed E-state index contributed by atoms with van der Waals surface area (Å²) in [7, 11) is -3.82. The highest BCUT2D eigenvalue weighted by Gasteiger charge is 2.39. The molecule has 180 valence electrons. The molecule has 5 rings (SSSR count). The fraction of sp³-hybridized carbons (Fsp3) is 0.440. The third-order valence-corrected chi connectivity index (χ3v) is 9.54. The molecular formula is C25H28BrN3O4S. The van der Waals surface area contributed by atoms with Gasteiger partial charge in [0.1, 0.15) is 4.90 Å². The third kappa shape index (κ3) is 3.97. The predicted molar refractivity (Wildman–Crippen MR) is 134 cm³/mol. The van der Waals surface area contributed by atoms with Crippen LogP contribution in [0.3, 0.4) is 0 Å². The molecule has 0 saturated carbocycles. The van der Waals surface area contributed by atoms with Gasteiger partial charge in [-0.15, -0.1) is 0 Å². The number of halogens is 1. The van der Waals surface area contributed by atoms with Crippen molar-refractivity contribution in [3.8, 4) is 0 Å². The van der Waals surface area contributed by atoms with E-state index in [1.54, 1.807) is 17.9 Å². The van der Waals surface area contributed by atoms with Gasteiger partial charge in [0.05, 0.1) is 5.69 Å². The zero-order chi connectivity index (χ0) is 24.0. The van der Waals surface area contributed by atoms with Gasteiger partial charge in [0.25, 0.3) is 0 Å². The number of hydrogen-bond acceptors (Lipinski definition) is 4. The molecule has 0 radical (unpaired) electrons. The fourth-order valence-electron chi connectivity index (χ4n) is 5.38. The SMILES string of the molecule is CCC(=O)N1CCc2cc(Br)cc(S(=O)(=O)N3CCC(C(=O)N4CCc5ccccc54)CC3)c21. The summed E-state index contributed by atoms with van der Waals surface area (Å²) in [6.45, 7) is 3.54. The van der Waals surface area contributed by atoms with Gasteiger partial charge in [-0.2, -0.15) is 4.31 Å². The summed E-state index contributed by atoms with van der Waals surface area (Å²) in [6, 6.07) is 11.5. The molecule has 7 nitrogen and oxygen atoms in total. The van der Waals surface area contributed by atoms with Gasteiger partial charge in [-0.1, -0.05) is 41.1 Å². The van der Waals surface area contributed by atoms with E-state index >= 15 is 0 Å². The van der Waals surface area contributed by atoms with E-state index in [2.05, 4.69) is 22.0 Å². The number of para-hydroxylation sites is 1. The molecule has 0 aromatic heterocycles. The summed E-state index contributed by atoms with van der Waals surface area (Å²) in [5.74, 6) is -0.179. The van der Waals surface area contributed by atoms with Crippen molar-refractivity contribution in [3.05, 3.63) is 52.0 Å². The lowest BCUT2D eigenvalue weighted by atomic mass is 9.96. The zero-order valence-electron chi connectivity index (χ0n) is 19.2. The number of anilines is 2. The average Bonchev–Trinajstić information content (AvgIpc) is 3.47. The molecule has 0 atom stereocenters. The van der Waals surface area contributed by atoms with Crippen LogP contribution in [0.5, 0.6) is 0 Å². The lowest BCUT2D eigenvalue weighted by molar-refractivity contribution is -0.123. The maximum Gasteiger partial charge on any atom is 0.245 e. The van der Waals surface area contributed by atoms with Crippen molar-refractivity contribution in [2.24, 2.45) is 5.92 Å². The Kier molecular flexibility index (Phi) is 6.29. The molecule has 3 aliphatic heterocycles. The third-order valence-electron chi connectivity index (χ3n) is 7.17. The number of carbonyl (C=O) groups excluding carboxylic acids is 2. The van der Waals surface area contributed by atoms with E-state index in [4.69, 9.17) is 0 Å². The number of rotatable bonds is 4. The van der Waals surface area contributed by atoms with Crippen molar-refractivity contribution < 1.29 is 18.0 Å². The number of fused-ring (bicyclic) bond motifs is 2. The summed E-state index contributed by atoms with van der Waals surface area (Å²) in [6.07, 6.45) is 2.80. The Morgan fingerprint density at radius 3 is 2.38 bits per heavy atom. The molecular weight excluding hydrogens is 518 g/mol. The Balaban J connectivity index is 1.35. The van der Waals surface area contributed by atoms with E-state index in [0.29, 0.717) is 48.9 Å². The maximum atomic E-state index is 13.7. The van der Waals surface area contributed by atoms with Crippen LogP contribution in [-0.4, -0.2) is 50.7 Å². The highest BCUT2D eigenvalue weighted by Crippen LogP contribution is 2.40. The number of hydrogen-bond donors (Lipinski definition) is 0. The summed E-state index contributed by atoms with van der Waals surface area (Å²) < 4.78 is 29.6. The smallest absolute Gasteiger partial charge is 0.245 e.